The zero-order chi connectivity index (χ0) is 34.7. The first-order valence-electron chi connectivity index (χ1n) is 17.8. The van der Waals surface area contributed by atoms with E-state index in [1.165, 1.54) is 38.9 Å². The average Bonchev–Trinajstić information content (AvgIpc) is 3.63. The summed E-state index contributed by atoms with van der Waals surface area (Å²) in [4.78, 5) is 7.21. The molecule has 0 saturated heterocycles. The minimum atomic E-state index is 0.408. The molecule has 0 fully saturated rings. The van der Waals surface area contributed by atoms with Crippen LogP contribution >= 0.6 is 0 Å². The Morgan fingerprint density at radius 1 is 0.529 bits per heavy atom. The zero-order valence-corrected chi connectivity index (χ0v) is 29.3. The van der Waals surface area contributed by atoms with Crippen molar-refractivity contribution in [2.24, 2.45) is 0 Å². The molecule has 0 aliphatic heterocycles. The molecule has 0 bridgehead atoms. The second kappa shape index (κ2) is 14.0. The molecule has 0 N–H and O–H groups in total. The lowest BCUT2D eigenvalue weighted by Gasteiger charge is -2.25. The molecule has 1 heterocycles. The third kappa shape index (κ3) is 6.35. The Labute approximate surface area is 300 Å². The first-order valence-corrected chi connectivity index (χ1v) is 17.8. The Kier molecular flexibility index (Phi) is 8.78. The fraction of sp³-hybridized carbons (Fsp3) is 0.104. The molecular weight excluding hydrogens is 621 g/mol. The number of hydrogen-bond acceptors (Lipinski definition) is 3. The normalized spacial score (nSPS) is 11.8. The Hall–Kier alpha value is -6.19. The van der Waals surface area contributed by atoms with Crippen LogP contribution in [0.15, 0.2) is 174 Å². The van der Waals surface area contributed by atoms with E-state index in [0.29, 0.717) is 11.8 Å². The number of hydrogen-bond donors (Lipinski definition) is 0. The van der Waals surface area contributed by atoms with Crippen LogP contribution in [-0.2, 0) is 0 Å². The maximum Gasteiger partial charge on any atom is 0.227 e. The topological polar surface area (TPSA) is 29.3 Å². The molecule has 8 rings (SSSR count). The number of benzene rings is 7. The second-order valence-corrected chi connectivity index (χ2v) is 13.3. The monoisotopic (exact) mass is 660 g/mol. The Morgan fingerprint density at radius 3 is 1.51 bits per heavy atom. The standard InChI is InChI=1S/C48H40N2O/c1-4-34(3)45-31-33(2)32-46-47(45)51-48(49-46)37-25-23-35(24-26-37)41-19-11-13-21-43(41)44-22-14-12-20-42(44)36-27-29-40(30-28-36)50(38-15-7-5-8-16-38)39-17-9-6-10-18-39/h5-32,34H,4H2,1-3H3. The van der Waals surface area contributed by atoms with Gasteiger partial charge < -0.3 is 9.32 Å². The zero-order valence-electron chi connectivity index (χ0n) is 29.3. The molecule has 7 aromatic carbocycles. The van der Waals surface area contributed by atoms with E-state index in [-0.39, 0.29) is 0 Å². The van der Waals surface area contributed by atoms with Gasteiger partial charge in [-0.1, -0.05) is 129 Å². The lowest BCUT2D eigenvalue weighted by atomic mass is 9.89. The molecule has 1 atom stereocenters. The molecule has 1 unspecified atom stereocenters. The summed E-state index contributed by atoms with van der Waals surface area (Å²) < 4.78 is 6.43. The number of rotatable bonds is 9. The number of fused-ring (bicyclic) bond motifs is 1. The molecule has 0 amide bonds. The van der Waals surface area contributed by atoms with Gasteiger partial charge >= 0.3 is 0 Å². The fourth-order valence-electron chi connectivity index (χ4n) is 7.04. The molecular formula is C48H40N2O. The minimum Gasteiger partial charge on any atom is -0.436 e. The van der Waals surface area contributed by atoms with Crippen molar-refractivity contribution in [1.29, 1.82) is 0 Å². The van der Waals surface area contributed by atoms with Gasteiger partial charge in [0.05, 0.1) is 0 Å². The van der Waals surface area contributed by atoms with Crippen molar-refractivity contribution in [2.75, 3.05) is 4.90 Å². The van der Waals surface area contributed by atoms with Gasteiger partial charge in [-0.3, -0.25) is 0 Å². The van der Waals surface area contributed by atoms with Crippen molar-refractivity contribution >= 4 is 28.2 Å². The van der Waals surface area contributed by atoms with E-state index in [4.69, 9.17) is 9.40 Å². The summed E-state index contributed by atoms with van der Waals surface area (Å²) in [6, 6.07) is 60.3. The van der Waals surface area contributed by atoms with Gasteiger partial charge in [0.15, 0.2) is 5.58 Å². The van der Waals surface area contributed by atoms with E-state index < -0.39 is 0 Å². The third-order valence-electron chi connectivity index (χ3n) is 9.86. The van der Waals surface area contributed by atoms with Crippen molar-refractivity contribution in [1.82, 2.24) is 4.98 Å². The summed E-state index contributed by atoms with van der Waals surface area (Å²) in [6.45, 7) is 6.60. The van der Waals surface area contributed by atoms with Gasteiger partial charge in [0.25, 0.3) is 0 Å². The summed E-state index contributed by atoms with van der Waals surface area (Å²) >= 11 is 0. The summed E-state index contributed by atoms with van der Waals surface area (Å²) in [7, 11) is 0. The van der Waals surface area contributed by atoms with Crippen LogP contribution in [-0.4, -0.2) is 4.98 Å². The maximum absolute atomic E-state index is 6.43. The van der Waals surface area contributed by atoms with Crippen LogP contribution in [0.1, 0.15) is 37.3 Å². The van der Waals surface area contributed by atoms with Crippen LogP contribution < -0.4 is 4.90 Å². The van der Waals surface area contributed by atoms with Crippen LogP contribution in [0.4, 0.5) is 17.1 Å². The predicted octanol–water partition coefficient (Wildman–Crippen LogP) is 13.8. The van der Waals surface area contributed by atoms with Gasteiger partial charge in [-0.15, -0.1) is 0 Å². The summed E-state index contributed by atoms with van der Waals surface area (Å²) in [6.07, 6.45) is 1.05. The summed E-state index contributed by atoms with van der Waals surface area (Å²) in [5.74, 6) is 1.07. The van der Waals surface area contributed by atoms with Crippen LogP contribution in [0.25, 0.3) is 55.9 Å². The number of aromatic nitrogens is 1. The molecule has 3 nitrogen and oxygen atoms in total. The highest BCUT2D eigenvalue weighted by Gasteiger charge is 2.18. The predicted molar refractivity (Wildman–Crippen MR) is 214 cm³/mol. The number of aryl methyl sites for hydroxylation is 1. The summed E-state index contributed by atoms with van der Waals surface area (Å²) in [5, 5.41) is 0. The van der Waals surface area contributed by atoms with Crippen molar-refractivity contribution in [3.8, 4) is 44.8 Å². The van der Waals surface area contributed by atoms with Crippen molar-refractivity contribution in [3.63, 3.8) is 0 Å². The second-order valence-electron chi connectivity index (χ2n) is 13.3. The van der Waals surface area contributed by atoms with Gasteiger partial charge in [-0.05, 0) is 113 Å². The Morgan fingerprint density at radius 2 is 0.980 bits per heavy atom. The van der Waals surface area contributed by atoms with Gasteiger partial charge in [-0.2, -0.15) is 0 Å². The largest absolute Gasteiger partial charge is 0.436 e. The molecule has 248 valence electrons. The Bertz CT molecular complexity index is 2370. The molecule has 0 saturated carbocycles. The lowest BCUT2D eigenvalue weighted by Crippen LogP contribution is -2.09. The molecule has 0 radical (unpaired) electrons. The summed E-state index contributed by atoms with van der Waals surface area (Å²) in [5.41, 5.74) is 15.7. The van der Waals surface area contributed by atoms with E-state index in [2.05, 4.69) is 196 Å². The number of oxazole rings is 1. The van der Waals surface area contributed by atoms with Crippen molar-refractivity contribution in [2.45, 2.75) is 33.1 Å². The molecule has 0 aliphatic rings. The maximum atomic E-state index is 6.43. The number of anilines is 3. The average molecular weight is 661 g/mol. The quantitative estimate of drug-likeness (QED) is 0.154. The first kappa shape index (κ1) is 32.0. The fourth-order valence-corrected chi connectivity index (χ4v) is 7.04. The molecule has 8 aromatic rings. The molecule has 3 heteroatoms. The van der Waals surface area contributed by atoms with Gasteiger partial charge in [0, 0.05) is 28.2 Å². The van der Waals surface area contributed by atoms with Gasteiger partial charge in [-0.25, -0.2) is 4.98 Å². The molecule has 1 aromatic heterocycles. The van der Waals surface area contributed by atoms with Crippen molar-refractivity contribution < 1.29 is 4.42 Å². The van der Waals surface area contributed by atoms with Crippen LogP contribution in [0, 0.1) is 6.92 Å². The highest BCUT2D eigenvalue weighted by molar-refractivity contribution is 5.92. The van der Waals surface area contributed by atoms with E-state index >= 15 is 0 Å². The highest BCUT2D eigenvalue weighted by atomic mass is 16.3. The van der Waals surface area contributed by atoms with E-state index in [0.717, 1.165) is 45.7 Å². The number of nitrogens with zero attached hydrogens (tertiary/aromatic N) is 2. The number of para-hydroxylation sites is 2. The molecule has 51 heavy (non-hydrogen) atoms. The van der Waals surface area contributed by atoms with Crippen LogP contribution in [0.2, 0.25) is 0 Å². The lowest BCUT2D eigenvalue weighted by molar-refractivity contribution is 0.606. The Balaban J connectivity index is 1.13. The third-order valence-corrected chi connectivity index (χ3v) is 9.86. The smallest absolute Gasteiger partial charge is 0.227 e. The van der Waals surface area contributed by atoms with Crippen LogP contribution in [0.3, 0.4) is 0 Å². The van der Waals surface area contributed by atoms with Crippen LogP contribution in [0.5, 0.6) is 0 Å². The highest BCUT2D eigenvalue weighted by Crippen LogP contribution is 2.41. The SMILES string of the molecule is CCC(C)c1cc(C)cc2nc(-c3ccc(-c4ccccc4-c4ccccc4-c4ccc(N(c5ccccc5)c5ccccc5)cc4)cc3)oc12. The van der Waals surface area contributed by atoms with Gasteiger partial charge in [0.2, 0.25) is 5.89 Å². The molecule has 0 aliphatic carbocycles. The van der Waals surface area contributed by atoms with E-state index in [1.54, 1.807) is 0 Å². The van der Waals surface area contributed by atoms with E-state index in [1.807, 2.05) is 0 Å². The first-order chi connectivity index (χ1) is 25.1. The van der Waals surface area contributed by atoms with Gasteiger partial charge in [0.1, 0.15) is 5.52 Å². The minimum absolute atomic E-state index is 0.408. The van der Waals surface area contributed by atoms with E-state index in [9.17, 15) is 0 Å². The van der Waals surface area contributed by atoms with Crippen molar-refractivity contribution in [3.05, 3.63) is 181 Å². The molecule has 0 spiro atoms.